The van der Waals surface area contributed by atoms with Crippen molar-refractivity contribution in [2.45, 2.75) is 19.8 Å². The number of hydrogen-bond donors (Lipinski definition) is 4. The van der Waals surface area contributed by atoms with Crippen molar-refractivity contribution in [2.24, 2.45) is 0 Å². The molecule has 0 spiro atoms. The highest BCUT2D eigenvalue weighted by atomic mass is 16.5. The predicted molar refractivity (Wildman–Crippen MR) is 148 cm³/mol. The summed E-state index contributed by atoms with van der Waals surface area (Å²) in [7, 11) is 0. The van der Waals surface area contributed by atoms with E-state index in [0.717, 1.165) is 11.3 Å². The van der Waals surface area contributed by atoms with Crippen LogP contribution in [0.2, 0.25) is 0 Å². The van der Waals surface area contributed by atoms with Crippen LogP contribution in [0.15, 0.2) is 83.7 Å². The van der Waals surface area contributed by atoms with E-state index < -0.39 is 11.9 Å². The van der Waals surface area contributed by atoms with Gasteiger partial charge in [0.2, 0.25) is 0 Å². The molecule has 3 aromatic carbocycles. The van der Waals surface area contributed by atoms with E-state index in [9.17, 15) is 19.2 Å². The molecule has 2 amide bonds. The molecule has 10 nitrogen and oxygen atoms in total. The molecule has 200 valence electrons. The molecule has 0 saturated carbocycles. The minimum atomic E-state index is -0.848. The molecule has 5 rings (SSSR count). The first-order valence-corrected chi connectivity index (χ1v) is 12.4. The zero-order chi connectivity index (χ0) is 28.2. The number of benzene rings is 3. The van der Waals surface area contributed by atoms with E-state index in [4.69, 9.17) is 9.63 Å². The second-order valence-corrected chi connectivity index (χ2v) is 9.19. The highest BCUT2D eigenvalue weighted by Crippen LogP contribution is 2.33. The minimum absolute atomic E-state index is 0.0595. The van der Waals surface area contributed by atoms with Gasteiger partial charge >= 0.3 is 5.97 Å². The van der Waals surface area contributed by atoms with Crippen LogP contribution in [0.3, 0.4) is 0 Å². The van der Waals surface area contributed by atoms with Crippen molar-refractivity contribution >= 4 is 46.2 Å². The molecule has 40 heavy (non-hydrogen) atoms. The van der Waals surface area contributed by atoms with Crippen molar-refractivity contribution in [3.8, 4) is 0 Å². The number of rotatable bonds is 9. The SMILES string of the molecule is Cc1nocc1C(=O)Nc1cccc(C(=O)c2ccc3c(c2)NC(=O)C3=CNc2ccc(CCC(=O)O)cc2)c1. The zero-order valence-electron chi connectivity index (χ0n) is 21.4. The van der Waals surface area contributed by atoms with Crippen LogP contribution in [-0.4, -0.2) is 33.8 Å². The van der Waals surface area contributed by atoms with Gasteiger partial charge in [-0.05, 0) is 49.2 Å². The summed E-state index contributed by atoms with van der Waals surface area (Å²) in [4.78, 5) is 49.1. The Morgan fingerprint density at radius 3 is 2.50 bits per heavy atom. The number of aliphatic carboxylic acids is 1. The lowest BCUT2D eigenvalue weighted by atomic mass is 9.99. The lowest BCUT2D eigenvalue weighted by molar-refractivity contribution is -0.137. The molecule has 1 aliphatic heterocycles. The van der Waals surface area contributed by atoms with Crippen LogP contribution >= 0.6 is 0 Å². The van der Waals surface area contributed by atoms with Crippen LogP contribution in [0, 0.1) is 6.92 Å². The minimum Gasteiger partial charge on any atom is -0.481 e. The third kappa shape index (κ3) is 5.65. The normalized spacial score (nSPS) is 13.0. The fourth-order valence-corrected chi connectivity index (χ4v) is 4.27. The van der Waals surface area contributed by atoms with Crippen LogP contribution in [-0.2, 0) is 16.0 Å². The third-order valence-electron chi connectivity index (χ3n) is 6.41. The van der Waals surface area contributed by atoms with E-state index in [0.29, 0.717) is 51.3 Å². The summed E-state index contributed by atoms with van der Waals surface area (Å²) in [5, 5.41) is 21.2. The Kier molecular flexibility index (Phi) is 7.23. The summed E-state index contributed by atoms with van der Waals surface area (Å²) in [6, 6.07) is 18.9. The van der Waals surface area contributed by atoms with Crippen LogP contribution < -0.4 is 16.0 Å². The van der Waals surface area contributed by atoms with E-state index in [1.807, 2.05) is 24.3 Å². The Bertz CT molecular complexity index is 1670. The van der Waals surface area contributed by atoms with Gasteiger partial charge in [0.25, 0.3) is 11.8 Å². The van der Waals surface area contributed by atoms with Crippen molar-refractivity contribution in [2.75, 3.05) is 16.0 Å². The van der Waals surface area contributed by atoms with Gasteiger partial charge in [-0.2, -0.15) is 0 Å². The molecule has 0 atom stereocenters. The van der Waals surface area contributed by atoms with Crippen molar-refractivity contribution in [1.82, 2.24) is 5.16 Å². The molecule has 0 unspecified atom stereocenters. The van der Waals surface area contributed by atoms with E-state index in [2.05, 4.69) is 21.1 Å². The molecule has 2 heterocycles. The quantitative estimate of drug-likeness (QED) is 0.174. The molecule has 1 aromatic heterocycles. The molecule has 10 heteroatoms. The summed E-state index contributed by atoms with van der Waals surface area (Å²) in [6.07, 6.45) is 3.36. The molecule has 0 bridgehead atoms. The number of carboxylic acid groups (broad SMARTS) is 1. The van der Waals surface area contributed by atoms with Crippen molar-refractivity contribution < 1.29 is 28.8 Å². The van der Waals surface area contributed by atoms with Crippen LogP contribution in [0.1, 0.15) is 49.5 Å². The first-order valence-electron chi connectivity index (χ1n) is 12.4. The average Bonchev–Trinajstić information content (AvgIpc) is 3.52. The predicted octanol–water partition coefficient (Wildman–Crippen LogP) is 4.89. The largest absolute Gasteiger partial charge is 0.481 e. The molecular weight excluding hydrogens is 512 g/mol. The molecule has 0 aliphatic carbocycles. The summed E-state index contributed by atoms with van der Waals surface area (Å²) in [5.41, 5.74) is 5.17. The number of aromatic nitrogens is 1. The monoisotopic (exact) mass is 536 g/mol. The molecular formula is C30H24N4O6. The third-order valence-corrected chi connectivity index (χ3v) is 6.41. The molecule has 0 saturated heterocycles. The smallest absolute Gasteiger partial charge is 0.303 e. The zero-order valence-corrected chi connectivity index (χ0v) is 21.4. The maximum Gasteiger partial charge on any atom is 0.303 e. The lowest BCUT2D eigenvalue weighted by Gasteiger charge is -2.08. The topological polar surface area (TPSA) is 151 Å². The number of ketones is 1. The second kappa shape index (κ2) is 11.1. The van der Waals surface area contributed by atoms with Crippen molar-refractivity contribution in [3.05, 3.63) is 113 Å². The highest BCUT2D eigenvalue weighted by molar-refractivity contribution is 6.32. The molecule has 0 radical (unpaired) electrons. The van der Waals surface area contributed by atoms with Crippen LogP contribution in [0.4, 0.5) is 17.1 Å². The number of hydrogen-bond acceptors (Lipinski definition) is 7. The first kappa shape index (κ1) is 26.1. The number of anilines is 3. The van der Waals surface area contributed by atoms with Gasteiger partial charge in [0, 0.05) is 46.4 Å². The fraction of sp³-hybridized carbons (Fsp3) is 0.100. The standard InChI is InChI=1S/C30H24N4O6/c1-17-25(16-40-34-17)30(39)32-22-4-2-3-19(13-22)28(37)20-8-11-23-24(29(38)33-26(23)14-20)15-31-21-9-5-18(6-10-21)7-12-27(35)36/h2-6,8-11,13-16,31H,7,12H2,1H3,(H,32,39)(H,33,38)(H,35,36). The van der Waals surface area contributed by atoms with Gasteiger partial charge in [-0.25, -0.2) is 0 Å². The number of amides is 2. The van der Waals surface area contributed by atoms with Gasteiger partial charge in [0.1, 0.15) is 11.8 Å². The van der Waals surface area contributed by atoms with E-state index in [-0.39, 0.29) is 18.1 Å². The number of aryl methyl sites for hydroxylation is 2. The van der Waals surface area contributed by atoms with Gasteiger partial charge < -0.3 is 25.6 Å². The first-order chi connectivity index (χ1) is 19.3. The van der Waals surface area contributed by atoms with Gasteiger partial charge in [0.15, 0.2) is 5.78 Å². The Labute approximate surface area is 228 Å². The average molecular weight is 537 g/mol. The van der Waals surface area contributed by atoms with Crippen LogP contribution in [0.5, 0.6) is 0 Å². The summed E-state index contributed by atoms with van der Waals surface area (Å²) in [6.45, 7) is 1.66. The van der Waals surface area contributed by atoms with Gasteiger partial charge in [-0.3, -0.25) is 19.2 Å². The molecule has 4 aromatic rings. The number of nitrogens with zero attached hydrogens (tertiary/aromatic N) is 1. The number of carboxylic acids is 1. The fourth-order valence-electron chi connectivity index (χ4n) is 4.27. The Balaban J connectivity index is 1.29. The second-order valence-electron chi connectivity index (χ2n) is 9.19. The van der Waals surface area contributed by atoms with E-state index in [1.165, 1.54) is 6.26 Å². The maximum atomic E-state index is 13.2. The van der Waals surface area contributed by atoms with Gasteiger partial charge in [-0.1, -0.05) is 41.6 Å². The van der Waals surface area contributed by atoms with Crippen LogP contribution in [0.25, 0.3) is 5.57 Å². The van der Waals surface area contributed by atoms with Gasteiger partial charge in [0.05, 0.1) is 11.3 Å². The summed E-state index contributed by atoms with van der Waals surface area (Å²) < 4.78 is 4.81. The number of nitrogens with one attached hydrogen (secondary N) is 3. The van der Waals surface area contributed by atoms with E-state index >= 15 is 0 Å². The number of fused-ring (bicyclic) bond motifs is 1. The molecule has 4 N–H and O–H groups in total. The molecule has 1 aliphatic rings. The van der Waals surface area contributed by atoms with Crippen molar-refractivity contribution in [1.29, 1.82) is 0 Å². The highest BCUT2D eigenvalue weighted by Gasteiger charge is 2.25. The molecule has 0 fully saturated rings. The Hall–Kier alpha value is -5.51. The lowest BCUT2D eigenvalue weighted by Crippen LogP contribution is -2.13. The maximum absolute atomic E-state index is 13.2. The number of carbonyl (C=O) groups excluding carboxylic acids is 3. The Morgan fingerprint density at radius 1 is 1.00 bits per heavy atom. The van der Waals surface area contributed by atoms with E-state index in [1.54, 1.807) is 55.6 Å². The number of carbonyl (C=O) groups is 4. The summed E-state index contributed by atoms with van der Waals surface area (Å²) in [5.74, 6) is -1.82. The van der Waals surface area contributed by atoms with Crippen molar-refractivity contribution in [3.63, 3.8) is 0 Å². The Morgan fingerprint density at radius 2 is 1.77 bits per heavy atom. The summed E-state index contributed by atoms with van der Waals surface area (Å²) >= 11 is 0. The van der Waals surface area contributed by atoms with Gasteiger partial charge in [-0.15, -0.1) is 0 Å².